The molecule has 0 spiro atoms. The lowest BCUT2D eigenvalue weighted by Crippen LogP contribution is -2.45. The maximum Gasteiger partial charge on any atom is 0.243 e. The van der Waals surface area contributed by atoms with E-state index in [-0.39, 0.29) is 47.1 Å². The van der Waals surface area contributed by atoms with Crippen molar-refractivity contribution in [1.82, 2.24) is 25.0 Å². The number of nitrogens with one attached hydrogen (secondary N) is 4. The summed E-state index contributed by atoms with van der Waals surface area (Å²) in [6.07, 6.45) is 3.87. The number of halogens is 2. The van der Waals surface area contributed by atoms with Crippen molar-refractivity contribution in [1.29, 1.82) is 0 Å². The maximum atomic E-state index is 11.8. The molecule has 0 unspecified atom stereocenters. The van der Waals surface area contributed by atoms with Crippen molar-refractivity contribution in [2.45, 2.75) is 12.1 Å². The van der Waals surface area contributed by atoms with E-state index in [0.29, 0.717) is 52.7 Å². The average molecular weight is 627 g/mol. The molecule has 4 rings (SSSR count). The van der Waals surface area contributed by atoms with E-state index in [1.54, 1.807) is 18.3 Å². The zero-order valence-corrected chi connectivity index (χ0v) is 24.8. The molecule has 41 heavy (non-hydrogen) atoms. The Bertz CT molecular complexity index is 1550. The van der Waals surface area contributed by atoms with Crippen LogP contribution in [0.25, 0.3) is 22.2 Å². The molecule has 1 aromatic carbocycles. The van der Waals surface area contributed by atoms with Crippen molar-refractivity contribution >= 4 is 61.8 Å². The van der Waals surface area contributed by atoms with Crippen LogP contribution < -0.4 is 30.1 Å². The third kappa shape index (κ3) is 7.26. The van der Waals surface area contributed by atoms with Gasteiger partial charge in [-0.15, -0.1) is 0 Å². The van der Waals surface area contributed by atoms with Gasteiger partial charge in [-0.05, 0) is 12.1 Å². The first kappa shape index (κ1) is 30.5. The van der Waals surface area contributed by atoms with Crippen molar-refractivity contribution in [3.63, 3.8) is 0 Å². The van der Waals surface area contributed by atoms with Gasteiger partial charge in [0, 0.05) is 36.3 Å². The van der Waals surface area contributed by atoms with E-state index in [1.165, 1.54) is 20.3 Å². The molecule has 220 valence electrons. The Hall–Kier alpha value is -3.43. The molecule has 2 aromatic heterocycles. The molecule has 0 aliphatic carbocycles. The van der Waals surface area contributed by atoms with E-state index in [1.807, 2.05) is 0 Å². The number of fused-ring (bicyclic) bond motifs is 1. The Labute approximate surface area is 247 Å². The number of ether oxygens (including phenoxy) is 3. The first-order chi connectivity index (χ1) is 19.5. The second-order valence-corrected chi connectivity index (χ2v) is 11.6. The van der Waals surface area contributed by atoms with Gasteiger partial charge in [-0.3, -0.25) is 4.79 Å². The third-order valence-electron chi connectivity index (χ3n) is 6.09. The van der Waals surface area contributed by atoms with Crippen LogP contribution in [0.3, 0.4) is 0 Å². The lowest BCUT2D eigenvalue weighted by molar-refractivity contribution is -0.117. The average Bonchev–Trinajstić information content (AvgIpc) is 3.36. The monoisotopic (exact) mass is 625 g/mol. The van der Waals surface area contributed by atoms with E-state index in [0.717, 1.165) is 6.26 Å². The predicted octanol–water partition coefficient (Wildman–Crippen LogP) is 2.46. The minimum absolute atomic E-state index is 0.0982. The lowest BCUT2D eigenvalue weighted by Gasteiger charge is -2.20. The molecule has 0 radical (unpaired) electrons. The molecule has 1 saturated heterocycles. The minimum Gasteiger partial charge on any atom is -0.495 e. The Balaban J connectivity index is 1.75. The SMILES string of the molecule is C=CC(=O)N[C@H]1COC[C@H]1Nc1ncc2cc(-c3c(Cl)c(OC)cc(OC)c3Cl)nc(NCCNS(C)(=O)=O)c2n1. The smallest absolute Gasteiger partial charge is 0.243 e. The molecule has 1 fully saturated rings. The van der Waals surface area contributed by atoms with Crippen LogP contribution in [-0.4, -0.2) is 88.1 Å². The molecule has 3 aromatic rings. The van der Waals surface area contributed by atoms with Crippen LogP contribution in [0.4, 0.5) is 11.8 Å². The number of methoxy groups -OCH3 is 2. The van der Waals surface area contributed by atoms with Crippen molar-refractivity contribution in [3.8, 4) is 22.8 Å². The molecular formula is C25H29Cl2N7O6S. The second-order valence-electron chi connectivity index (χ2n) is 8.97. The number of hydrogen-bond acceptors (Lipinski definition) is 11. The van der Waals surface area contributed by atoms with Crippen LogP contribution in [0.1, 0.15) is 0 Å². The Kier molecular flexibility index (Phi) is 9.71. The van der Waals surface area contributed by atoms with Gasteiger partial charge in [-0.1, -0.05) is 29.8 Å². The molecule has 16 heteroatoms. The number of carbonyl (C=O) groups excluding carboxylic acids is 1. The first-order valence-electron chi connectivity index (χ1n) is 12.3. The van der Waals surface area contributed by atoms with E-state index in [2.05, 4.69) is 37.2 Å². The van der Waals surface area contributed by atoms with E-state index in [9.17, 15) is 13.2 Å². The van der Waals surface area contributed by atoms with Crippen LogP contribution in [0, 0.1) is 0 Å². The van der Waals surface area contributed by atoms with Gasteiger partial charge in [0.1, 0.15) is 17.0 Å². The normalized spacial score (nSPS) is 16.8. The van der Waals surface area contributed by atoms with Crippen molar-refractivity contribution < 1.29 is 27.4 Å². The summed E-state index contributed by atoms with van der Waals surface area (Å²) in [5.41, 5.74) is 1.19. The topological polar surface area (TPSA) is 166 Å². The van der Waals surface area contributed by atoms with E-state index in [4.69, 9.17) is 42.4 Å². The van der Waals surface area contributed by atoms with Crippen molar-refractivity contribution in [2.75, 3.05) is 57.4 Å². The fourth-order valence-corrected chi connectivity index (χ4v) is 5.30. The summed E-state index contributed by atoms with van der Waals surface area (Å²) in [4.78, 5) is 25.7. The summed E-state index contributed by atoms with van der Waals surface area (Å²) in [5, 5.41) is 10.2. The number of anilines is 2. The van der Waals surface area contributed by atoms with Gasteiger partial charge in [-0.25, -0.2) is 28.1 Å². The Morgan fingerprint density at radius 2 is 1.80 bits per heavy atom. The third-order valence-corrected chi connectivity index (χ3v) is 7.56. The minimum atomic E-state index is -3.39. The number of nitrogens with zero attached hydrogens (tertiary/aromatic N) is 3. The van der Waals surface area contributed by atoms with Crippen LogP contribution in [0.5, 0.6) is 11.5 Å². The van der Waals surface area contributed by atoms with Gasteiger partial charge < -0.3 is 30.2 Å². The summed E-state index contributed by atoms with van der Waals surface area (Å²) < 4.78 is 41.8. The molecule has 0 saturated carbocycles. The van der Waals surface area contributed by atoms with Crippen molar-refractivity contribution in [2.24, 2.45) is 0 Å². The number of amides is 1. The molecule has 1 aliphatic heterocycles. The van der Waals surface area contributed by atoms with Gasteiger partial charge in [0.05, 0.1) is 61.5 Å². The zero-order chi connectivity index (χ0) is 29.7. The molecule has 3 heterocycles. The van der Waals surface area contributed by atoms with Crippen molar-refractivity contribution in [3.05, 3.63) is 41.0 Å². The fraction of sp³-hybridized carbons (Fsp3) is 0.360. The van der Waals surface area contributed by atoms with Gasteiger partial charge in [0.15, 0.2) is 5.82 Å². The highest BCUT2D eigenvalue weighted by atomic mass is 35.5. The number of benzene rings is 1. The Morgan fingerprint density at radius 3 is 2.44 bits per heavy atom. The lowest BCUT2D eigenvalue weighted by atomic mass is 10.1. The summed E-state index contributed by atoms with van der Waals surface area (Å²) in [7, 11) is -0.449. The summed E-state index contributed by atoms with van der Waals surface area (Å²) >= 11 is 13.3. The van der Waals surface area contributed by atoms with E-state index >= 15 is 0 Å². The number of sulfonamides is 1. The fourth-order valence-electron chi connectivity index (χ4n) is 4.13. The molecule has 2 atom stereocenters. The van der Waals surface area contributed by atoms with E-state index < -0.39 is 10.0 Å². The van der Waals surface area contributed by atoms with Crippen LogP contribution in [0.2, 0.25) is 10.0 Å². The number of rotatable bonds is 12. The highest BCUT2D eigenvalue weighted by Crippen LogP contribution is 2.46. The predicted molar refractivity (Wildman–Crippen MR) is 158 cm³/mol. The zero-order valence-electron chi connectivity index (χ0n) is 22.5. The highest BCUT2D eigenvalue weighted by molar-refractivity contribution is 7.88. The number of aromatic nitrogens is 3. The van der Waals surface area contributed by atoms with Gasteiger partial charge in [0.25, 0.3) is 0 Å². The van der Waals surface area contributed by atoms with Crippen LogP contribution in [-0.2, 0) is 19.6 Å². The first-order valence-corrected chi connectivity index (χ1v) is 14.9. The number of hydrogen-bond donors (Lipinski definition) is 4. The number of pyridine rings is 1. The standard InChI is InChI=1S/C25H29Cl2N7O6S/c1-5-19(35)31-15-11-40-12-16(15)33-25-29-10-13-8-14(20-21(26)17(38-2)9-18(39-3)22(20)27)32-24(23(13)34-25)28-6-7-30-41(4,36)37/h5,8-10,15-16,30H,1,6-7,11-12H2,2-4H3,(H,28,32)(H,31,35)(H,29,33,34)/t15-,16+/m0/s1. The van der Waals surface area contributed by atoms with Crippen LogP contribution >= 0.6 is 23.2 Å². The molecule has 1 aliphatic rings. The van der Waals surface area contributed by atoms with Gasteiger partial charge in [-0.2, -0.15) is 0 Å². The largest absolute Gasteiger partial charge is 0.495 e. The molecule has 0 bridgehead atoms. The molecule has 1 amide bonds. The van der Waals surface area contributed by atoms with Crippen LogP contribution in [0.15, 0.2) is 31.0 Å². The molecular weight excluding hydrogens is 597 g/mol. The highest BCUT2D eigenvalue weighted by Gasteiger charge is 2.30. The van der Waals surface area contributed by atoms with Gasteiger partial charge >= 0.3 is 0 Å². The van der Waals surface area contributed by atoms with Gasteiger partial charge in [0.2, 0.25) is 21.9 Å². The summed E-state index contributed by atoms with van der Waals surface area (Å²) in [6.45, 7) is 4.42. The summed E-state index contributed by atoms with van der Waals surface area (Å²) in [5.74, 6) is 0.959. The second kappa shape index (κ2) is 13.0. The Morgan fingerprint density at radius 1 is 1.12 bits per heavy atom. The quantitative estimate of drug-likeness (QED) is 0.172. The molecule has 13 nitrogen and oxygen atoms in total. The molecule has 4 N–H and O–H groups in total. The number of carbonyl (C=O) groups is 1. The maximum absolute atomic E-state index is 11.8. The summed E-state index contributed by atoms with van der Waals surface area (Å²) in [6, 6.07) is 2.69.